The molecule has 3 rings (SSSR count). The van der Waals surface area contributed by atoms with E-state index >= 15 is 0 Å². The summed E-state index contributed by atoms with van der Waals surface area (Å²) in [6, 6.07) is 9.95. The third-order valence-electron chi connectivity index (χ3n) is 4.11. The fourth-order valence-corrected chi connectivity index (χ4v) is 3.57. The summed E-state index contributed by atoms with van der Waals surface area (Å²) in [5.41, 5.74) is 3.33. The Hall–Kier alpha value is -2.54. The molecule has 0 spiro atoms. The number of carbonyl (C=O) groups is 1. The van der Waals surface area contributed by atoms with Gasteiger partial charge in [-0.1, -0.05) is 43.8 Å². The highest BCUT2D eigenvalue weighted by molar-refractivity contribution is 7.99. The molecular weight excluding hydrogens is 350 g/mol. The van der Waals surface area contributed by atoms with Crippen LogP contribution >= 0.6 is 11.8 Å². The number of aryl methyl sites for hydroxylation is 3. The summed E-state index contributed by atoms with van der Waals surface area (Å²) in [5, 5.41) is 18.2. The van der Waals surface area contributed by atoms with Crippen LogP contribution in [0.25, 0.3) is 17.3 Å². The molecule has 0 radical (unpaired) electrons. The highest BCUT2D eigenvalue weighted by Crippen LogP contribution is 2.32. The molecule has 0 aliphatic heterocycles. The fraction of sp³-hybridized carbons (Fsp3) is 0.316. The lowest BCUT2D eigenvalue weighted by Gasteiger charge is -2.17. The standard InChI is InChI=1S/C19H21N3O3S/c1-4-13-7-6-8-14(5-2)17(13)22-18(15-10-9-12(3)25-15)20-21-19(22)26-11-16(23)24/h6-10H,4-5,11H2,1-3H3,(H,23,24). The monoisotopic (exact) mass is 371 g/mol. The summed E-state index contributed by atoms with van der Waals surface area (Å²) in [4.78, 5) is 11.0. The van der Waals surface area contributed by atoms with Gasteiger partial charge in [0.15, 0.2) is 10.9 Å². The number of carboxylic acid groups (broad SMARTS) is 1. The number of rotatable bonds is 7. The van der Waals surface area contributed by atoms with Gasteiger partial charge in [-0.25, -0.2) is 0 Å². The molecule has 0 saturated carbocycles. The van der Waals surface area contributed by atoms with E-state index < -0.39 is 5.97 Å². The Balaban J connectivity index is 2.24. The van der Waals surface area contributed by atoms with E-state index in [2.05, 4.69) is 36.2 Å². The van der Waals surface area contributed by atoms with Gasteiger partial charge < -0.3 is 9.52 Å². The quantitative estimate of drug-likeness (QED) is 0.629. The minimum absolute atomic E-state index is 0.0783. The maximum atomic E-state index is 11.0. The summed E-state index contributed by atoms with van der Waals surface area (Å²) in [7, 11) is 0. The van der Waals surface area contributed by atoms with Crippen LogP contribution in [0.2, 0.25) is 0 Å². The predicted octanol–water partition coefficient (Wildman–Crippen LogP) is 4.14. The zero-order valence-electron chi connectivity index (χ0n) is 15.0. The molecule has 0 amide bonds. The van der Waals surface area contributed by atoms with Crippen LogP contribution in [0.3, 0.4) is 0 Å². The van der Waals surface area contributed by atoms with Crippen LogP contribution in [0, 0.1) is 6.92 Å². The number of hydrogen-bond acceptors (Lipinski definition) is 5. The zero-order valence-corrected chi connectivity index (χ0v) is 15.8. The van der Waals surface area contributed by atoms with Crippen molar-refractivity contribution in [2.75, 3.05) is 5.75 Å². The van der Waals surface area contributed by atoms with E-state index in [1.165, 1.54) is 0 Å². The number of aliphatic carboxylic acids is 1. The lowest BCUT2D eigenvalue weighted by Crippen LogP contribution is -2.08. The average molecular weight is 371 g/mol. The van der Waals surface area contributed by atoms with Crippen LogP contribution < -0.4 is 0 Å². The maximum absolute atomic E-state index is 11.0. The number of furan rings is 1. The molecule has 0 aliphatic rings. The van der Waals surface area contributed by atoms with E-state index in [0.717, 1.165) is 47.2 Å². The minimum atomic E-state index is -0.889. The molecule has 0 aliphatic carbocycles. The molecule has 0 bridgehead atoms. The molecule has 2 aromatic heterocycles. The molecule has 0 unspecified atom stereocenters. The molecule has 0 atom stereocenters. The second-order valence-electron chi connectivity index (χ2n) is 5.87. The van der Waals surface area contributed by atoms with Gasteiger partial charge in [0.2, 0.25) is 5.82 Å². The molecule has 7 heteroatoms. The Morgan fingerprint density at radius 2 is 1.85 bits per heavy atom. The van der Waals surface area contributed by atoms with Crippen molar-refractivity contribution >= 4 is 17.7 Å². The first-order chi connectivity index (χ1) is 12.5. The van der Waals surface area contributed by atoms with Crippen molar-refractivity contribution in [1.29, 1.82) is 0 Å². The summed E-state index contributed by atoms with van der Waals surface area (Å²) in [5.74, 6) is 1.02. The molecule has 136 valence electrons. The zero-order chi connectivity index (χ0) is 18.7. The van der Waals surface area contributed by atoms with Gasteiger partial charge in [-0.15, -0.1) is 10.2 Å². The first-order valence-corrected chi connectivity index (χ1v) is 9.51. The molecule has 0 fully saturated rings. The van der Waals surface area contributed by atoms with Crippen LogP contribution in [-0.2, 0) is 17.6 Å². The van der Waals surface area contributed by atoms with Crippen LogP contribution in [-0.4, -0.2) is 31.6 Å². The van der Waals surface area contributed by atoms with Gasteiger partial charge in [-0.05, 0) is 43.0 Å². The summed E-state index contributed by atoms with van der Waals surface area (Å²) in [6.07, 6.45) is 1.70. The van der Waals surface area contributed by atoms with Crippen molar-refractivity contribution in [1.82, 2.24) is 14.8 Å². The second-order valence-corrected chi connectivity index (χ2v) is 6.81. The number of hydrogen-bond donors (Lipinski definition) is 1. The lowest BCUT2D eigenvalue weighted by molar-refractivity contribution is -0.133. The van der Waals surface area contributed by atoms with E-state index in [1.54, 1.807) is 0 Å². The molecule has 3 aromatic rings. The van der Waals surface area contributed by atoms with Crippen LogP contribution in [0.5, 0.6) is 0 Å². The minimum Gasteiger partial charge on any atom is -0.481 e. The van der Waals surface area contributed by atoms with Crippen molar-refractivity contribution in [3.8, 4) is 17.3 Å². The van der Waals surface area contributed by atoms with Crippen molar-refractivity contribution in [3.63, 3.8) is 0 Å². The van der Waals surface area contributed by atoms with Crippen LogP contribution in [0.15, 0.2) is 39.9 Å². The third-order valence-corrected chi connectivity index (χ3v) is 5.02. The van der Waals surface area contributed by atoms with Gasteiger partial charge in [0.25, 0.3) is 0 Å². The smallest absolute Gasteiger partial charge is 0.313 e. The van der Waals surface area contributed by atoms with Gasteiger partial charge >= 0.3 is 5.97 Å². The highest BCUT2D eigenvalue weighted by atomic mass is 32.2. The number of para-hydroxylation sites is 1. The van der Waals surface area contributed by atoms with Crippen molar-refractivity contribution < 1.29 is 14.3 Å². The summed E-state index contributed by atoms with van der Waals surface area (Å²) in [6.45, 7) is 6.08. The van der Waals surface area contributed by atoms with E-state index in [0.29, 0.717) is 16.7 Å². The van der Waals surface area contributed by atoms with Gasteiger partial charge in [0, 0.05) is 0 Å². The molecule has 1 N–H and O–H groups in total. The topological polar surface area (TPSA) is 81.2 Å². The van der Waals surface area contributed by atoms with Crippen LogP contribution in [0.4, 0.5) is 0 Å². The van der Waals surface area contributed by atoms with Gasteiger partial charge in [-0.2, -0.15) is 0 Å². The highest BCUT2D eigenvalue weighted by Gasteiger charge is 2.22. The van der Waals surface area contributed by atoms with Gasteiger partial charge in [0.1, 0.15) is 5.76 Å². The molecule has 26 heavy (non-hydrogen) atoms. The predicted molar refractivity (Wildman–Crippen MR) is 101 cm³/mol. The number of thioether (sulfide) groups is 1. The van der Waals surface area contributed by atoms with E-state index in [-0.39, 0.29) is 5.75 Å². The average Bonchev–Trinajstić information content (AvgIpc) is 3.24. The first-order valence-electron chi connectivity index (χ1n) is 8.53. The van der Waals surface area contributed by atoms with Crippen LogP contribution in [0.1, 0.15) is 30.7 Å². The van der Waals surface area contributed by atoms with Gasteiger partial charge in [0.05, 0.1) is 11.4 Å². The largest absolute Gasteiger partial charge is 0.481 e. The molecular formula is C19H21N3O3S. The van der Waals surface area contributed by atoms with Crippen molar-refractivity contribution in [2.24, 2.45) is 0 Å². The maximum Gasteiger partial charge on any atom is 0.313 e. The van der Waals surface area contributed by atoms with E-state index in [1.807, 2.05) is 29.7 Å². The van der Waals surface area contributed by atoms with Crippen molar-refractivity contribution in [2.45, 2.75) is 38.8 Å². The number of aromatic nitrogens is 3. The van der Waals surface area contributed by atoms with E-state index in [4.69, 9.17) is 9.52 Å². The molecule has 2 heterocycles. The Kier molecular flexibility index (Phi) is 5.46. The number of benzene rings is 1. The summed E-state index contributed by atoms with van der Waals surface area (Å²) >= 11 is 1.16. The SMILES string of the molecule is CCc1cccc(CC)c1-n1c(SCC(=O)O)nnc1-c1ccc(C)o1. The fourth-order valence-electron chi connectivity index (χ4n) is 2.91. The summed E-state index contributed by atoms with van der Waals surface area (Å²) < 4.78 is 7.70. The molecule has 6 nitrogen and oxygen atoms in total. The first kappa shape index (κ1) is 18.3. The lowest BCUT2D eigenvalue weighted by atomic mass is 10.0. The molecule has 1 aromatic carbocycles. The number of nitrogens with zero attached hydrogens (tertiary/aromatic N) is 3. The Morgan fingerprint density at radius 1 is 1.15 bits per heavy atom. The Labute approximate surface area is 156 Å². The number of carboxylic acids is 1. The second kappa shape index (κ2) is 7.78. The van der Waals surface area contributed by atoms with Gasteiger partial charge in [-0.3, -0.25) is 9.36 Å². The van der Waals surface area contributed by atoms with Crippen molar-refractivity contribution in [3.05, 3.63) is 47.2 Å². The van der Waals surface area contributed by atoms with E-state index in [9.17, 15) is 4.79 Å². The normalized spacial score (nSPS) is 11.0. The Morgan fingerprint density at radius 3 is 2.38 bits per heavy atom. The third kappa shape index (κ3) is 3.53. The Bertz CT molecular complexity index is 908. The molecule has 0 saturated heterocycles.